The van der Waals surface area contributed by atoms with Crippen LogP contribution in [0.5, 0.6) is 0 Å². The fraction of sp³-hybridized carbons (Fsp3) is 0.0952. The molecule has 2 aromatic heterocycles. The largest absolute Gasteiger partial charge is 0.416 e. The van der Waals surface area contributed by atoms with E-state index in [1.807, 2.05) is 117 Å². The van der Waals surface area contributed by atoms with Crippen molar-refractivity contribution in [2.75, 3.05) is 0 Å². The molecule has 0 unspecified atom stereocenters. The zero-order valence-corrected chi connectivity index (χ0v) is 40.0. The summed E-state index contributed by atoms with van der Waals surface area (Å²) >= 11 is 0. The molecular weight excluding hydrogens is 927 g/mol. The Morgan fingerprint density at radius 3 is 1.07 bits per heavy atom. The molecule has 0 radical (unpaired) electrons. The lowest BCUT2D eigenvalue weighted by Gasteiger charge is -2.22. The second kappa shape index (κ2) is 18.2. The molecule has 11 rings (SSSR count). The summed E-state index contributed by atoms with van der Waals surface area (Å²) in [6.07, 6.45) is -9.44. The molecule has 73 heavy (non-hydrogen) atoms. The normalized spacial score (nSPS) is 12.0. The second-order valence-electron chi connectivity index (χ2n) is 18.7. The number of fused-ring (bicyclic) bond motifs is 3. The molecule has 2 heterocycles. The molecule has 0 saturated heterocycles. The third-order valence-corrected chi connectivity index (χ3v) is 13.2. The smallest absolute Gasteiger partial charge is 0.308 e. The number of hydrogen-bond acceptors (Lipinski definition) is 3. The SMILES string of the molecule is Cc1cc(C)cc(-c2ccc3c(c2)c2cc(-c4cc(C)cc(C)c4)ccc2n3-c2c(-c3cccc(C(F)(F)F)c3)cc(-c3nc(-c4ccccc4)nc(-c4ccccc4)n3)cc2-c2cccc(C(F)(F)F)c2)c1. The van der Waals surface area contributed by atoms with Gasteiger partial charge in [0, 0.05) is 38.6 Å². The summed E-state index contributed by atoms with van der Waals surface area (Å²) in [5.41, 5.74) is 10.9. The minimum Gasteiger partial charge on any atom is -0.308 e. The highest BCUT2D eigenvalue weighted by Crippen LogP contribution is 2.47. The first-order valence-corrected chi connectivity index (χ1v) is 23.7. The number of nitrogens with zero attached hydrogens (tertiary/aromatic N) is 4. The molecule has 9 aromatic carbocycles. The van der Waals surface area contributed by atoms with E-state index in [2.05, 4.69) is 48.5 Å². The van der Waals surface area contributed by atoms with Crippen LogP contribution in [0, 0.1) is 27.7 Å². The predicted octanol–water partition coefficient (Wildman–Crippen LogP) is 17.9. The highest BCUT2D eigenvalue weighted by Gasteiger charge is 2.33. The summed E-state index contributed by atoms with van der Waals surface area (Å²) in [5, 5.41) is 1.67. The number of alkyl halides is 6. The maximum atomic E-state index is 14.8. The molecule has 11 aromatic rings. The molecule has 358 valence electrons. The first kappa shape index (κ1) is 46.7. The number of hydrogen-bond donors (Lipinski definition) is 0. The van der Waals surface area contributed by atoms with Crippen LogP contribution in [0.25, 0.3) is 106 Å². The molecular formula is C63H44F6N4. The van der Waals surface area contributed by atoms with Crippen molar-refractivity contribution in [3.05, 3.63) is 228 Å². The molecule has 0 atom stereocenters. The quantitative estimate of drug-likeness (QED) is 0.143. The molecule has 0 N–H and O–H groups in total. The maximum Gasteiger partial charge on any atom is 0.416 e. The Morgan fingerprint density at radius 1 is 0.315 bits per heavy atom. The van der Waals surface area contributed by atoms with E-state index in [0.29, 0.717) is 56.2 Å². The van der Waals surface area contributed by atoms with Crippen LogP contribution >= 0.6 is 0 Å². The lowest BCUT2D eigenvalue weighted by molar-refractivity contribution is -0.138. The van der Waals surface area contributed by atoms with Gasteiger partial charge in [0.15, 0.2) is 17.5 Å². The topological polar surface area (TPSA) is 43.6 Å². The number of aryl methyl sites for hydroxylation is 4. The fourth-order valence-corrected chi connectivity index (χ4v) is 10.0. The molecule has 0 saturated carbocycles. The van der Waals surface area contributed by atoms with Gasteiger partial charge in [-0.2, -0.15) is 26.3 Å². The van der Waals surface area contributed by atoms with Crippen LogP contribution in [-0.2, 0) is 12.4 Å². The van der Waals surface area contributed by atoms with E-state index in [4.69, 9.17) is 15.0 Å². The molecule has 0 bridgehead atoms. The average Bonchev–Trinajstić information content (AvgIpc) is 3.70. The van der Waals surface area contributed by atoms with Gasteiger partial charge in [0.1, 0.15) is 0 Å². The molecule has 0 aliphatic heterocycles. The summed E-state index contributed by atoms with van der Waals surface area (Å²) < 4.78 is 91.1. The van der Waals surface area contributed by atoms with Crippen LogP contribution in [0.3, 0.4) is 0 Å². The highest BCUT2D eigenvalue weighted by atomic mass is 19.4. The van der Waals surface area contributed by atoms with E-state index in [1.54, 1.807) is 24.3 Å². The Kier molecular flexibility index (Phi) is 11.7. The molecule has 0 spiro atoms. The Bertz CT molecular complexity index is 3640. The van der Waals surface area contributed by atoms with Gasteiger partial charge in [-0.05, 0) is 122 Å². The molecule has 4 nitrogen and oxygen atoms in total. The van der Waals surface area contributed by atoms with Crippen molar-refractivity contribution in [1.29, 1.82) is 0 Å². The van der Waals surface area contributed by atoms with Crippen molar-refractivity contribution in [1.82, 2.24) is 19.5 Å². The van der Waals surface area contributed by atoms with Crippen molar-refractivity contribution < 1.29 is 26.3 Å². The second-order valence-corrected chi connectivity index (χ2v) is 18.7. The molecule has 0 amide bonds. The van der Waals surface area contributed by atoms with Crippen molar-refractivity contribution in [2.45, 2.75) is 40.0 Å². The van der Waals surface area contributed by atoms with E-state index >= 15 is 0 Å². The Morgan fingerprint density at radius 2 is 0.685 bits per heavy atom. The average molecular weight is 971 g/mol. The van der Waals surface area contributed by atoms with Crippen LogP contribution in [0.15, 0.2) is 194 Å². The van der Waals surface area contributed by atoms with Crippen molar-refractivity contribution >= 4 is 21.8 Å². The number of aromatic nitrogens is 4. The van der Waals surface area contributed by atoms with Gasteiger partial charge in [-0.25, -0.2) is 15.0 Å². The minimum atomic E-state index is -4.72. The van der Waals surface area contributed by atoms with Gasteiger partial charge < -0.3 is 4.57 Å². The Labute approximate surface area is 418 Å². The summed E-state index contributed by atoms with van der Waals surface area (Å²) in [7, 11) is 0. The molecule has 0 aliphatic carbocycles. The highest BCUT2D eigenvalue weighted by molar-refractivity contribution is 6.13. The predicted molar refractivity (Wildman–Crippen MR) is 281 cm³/mol. The summed E-state index contributed by atoms with van der Waals surface area (Å²) in [4.78, 5) is 14.8. The van der Waals surface area contributed by atoms with Crippen molar-refractivity contribution in [2.24, 2.45) is 0 Å². The van der Waals surface area contributed by atoms with E-state index in [1.165, 1.54) is 12.1 Å². The van der Waals surface area contributed by atoms with Crippen LogP contribution in [0.4, 0.5) is 26.3 Å². The van der Waals surface area contributed by atoms with Gasteiger partial charge in [0.25, 0.3) is 0 Å². The van der Waals surface area contributed by atoms with Gasteiger partial charge in [0.05, 0.1) is 27.8 Å². The zero-order valence-electron chi connectivity index (χ0n) is 40.0. The van der Waals surface area contributed by atoms with Crippen LogP contribution < -0.4 is 0 Å². The summed E-state index contributed by atoms with van der Waals surface area (Å²) in [6.45, 7) is 8.20. The third kappa shape index (κ3) is 9.17. The monoisotopic (exact) mass is 970 g/mol. The van der Waals surface area contributed by atoms with Crippen LogP contribution in [0.2, 0.25) is 0 Å². The summed E-state index contributed by atoms with van der Waals surface area (Å²) in [5.74, 6) is 0.826. The van der Waals surface area contributed by atoms with Crippen LogP contribution in [0.1, 0.15) is 33.4 Å². The maximum absolute atomic E-state index is 14.8. The van der Waals surface area contributed by atoms with Gasteiger partial charge >= 0.3 is 12.4 Å². The fourth-order valence-electron chi connectivity index (χ4n) is 10.0. The van der Waals surface area contributed by atoms with Gasteiger partial charge in [-0.1, -0.05) is 156 Å². The van der Waals surface area contributed by atoms with E-state index in [9.17, 15) is 26.3 Å². The first-order valence-electron chi connectivity index (χ1n) is 23.7. The number of benzene rings is 9. The van der Waals surface area contributed by atoms with Crippen LogP contribution in [-0.4, -0.2) is 19.5 Å². The van der Waals surface area contributed by atoms with E-state index in [0.717, 1.165) is 79.5 Å². The van der Waals surface area contributed by atoms with E-state index in [-0.39, 0.29) is 17.0 Å². The standard InChI is InChI=1S/C63H44F6N4/c1-37-25-38(2)28-47(27-37)43-21-23-56-54(33-43)55-34-44(48-29-39(3)26-40(4)30-48)22-24-57(55)73(56)58-52(45-17-11-19-50(31-45)62(64,65)66)35-49(36-53(58)46-18-12-20-51(32-46)63(67,68)69)61-71-59(41-13-7-5-8-14-41)70-60(72-61)42-15-9-6-10-16-42/h5-36H,1-4H3. The van der Waals surface area contributed by atoms with Gasteiger partial charge in [-0.15, -0.1) is 0 Å². The number of halogens is 6. The van der Waals surface area contributed by atoms with E-state index < -0.39 is 23.5 Å². The van der Waals surface area contributed by atoms with Crippen molar-refractivity contribution in [3.8, 4) is 84.4 Å². The first-order chi connectivity index (χ1) is 35.0. The van der Waals surface area contributed by atoms with Crippen molar-refractivity contribution in [3.63, 3.8) is 0 Å². The Hall–Kier alpha value is -8.63. The third-order valence-electron chi connectivity index (χ3n) is 13.2. The Balaban J connectivity index is 1.29. The molecule has 10 heteroatoms. The lowest BCUT2D eigenvalue weighted by Crippen LogP contribution is -2.07. The molecule has 0 fully saturated rings. The zero-order chi connectivity index (χ0) is 50.8. The lowest BCUT2D eigenvalue weighted by atomic mass is 9.91. The summed E-state index contributed by atoms with van der Waals surface area (Å²) in [6, 6.07) is 57.1. The van der Waals surface area contributed by atoms with Gasteiger partial charge in [-0.3, -0.25) is 0 Å². The minimum absolute atomic E-state index is 0.166. The number of rotatable bonds is 8. The van der Waals surface area contributed by atoms with Gasteiger partial charge in [0.2, 0.25) is 0 Å². The molecule has 0 aliphatic rings.